The molecule has 2 rings (SSSR count). The Morgan fingerprint density at radius 2 is 2.06 bits per heavy atom. The minimum Gasteiger partial charge on any atom is -0.378 e. The molecule has 0 aliphatic carbocycles. The molecule has 1 amide bonds. The van der Waals surface area contributed by atoms with Crippen molar-refractivity contribution in [3.63, 3.8) is 0 Å². The lowest BCUT2D eigenvalue weighted by atomic mass is 10.1. The van der Waals surface area contributed by atoms with Crippen molar-refractivity contribution >= 4 is 12.0 Å². The molecule has 1 aromatic rings. The maximum Gasteiger partial charge on any atom is 0.246 e. The van der Waals surface area contributed by atoms with Gasteiger partial charge in [-0.2, -0.15) is 5.26 Å². The summed E-state index contributed by atoms with van der Waals surface area (Å²) in [5.74, 6) is -0.0361. The van der Waals surface area contributed by atoms with Crippen LogP contribution in [0, 0.1) is 11.3 Å². The molecule has 1 heterocycles. The van der Waals surface area contributed by atoms with Crippen LogP contribution in [0.2, 0.25) is 0 Å². The number of hydrogen-bond acceptors (Lipinski definition) is 3. The van der Waals surface area contributed by atoms with Gasteiger partial charge in [0.15, 0.2) is 0 Å². The molecule has 0 saturated carbocycles. The van der Waals surface area contributed by atoms with E-state index in [4.69, 9.17) is 10.00 Å². The molecule has 92 valence electrons. The normalized spacial score (nSPS) is 15.6. The van der Waals surface area contributed by atoms with Gasteiger partial charge in [-0.05, 0) is 17.7 Å². The van der Waals surface area contributed by atoms with Gasteiger partial charge in [-0.25, -0.2) is 0 Å². The Morgan fingerprint density at radius 3 is 2.78 bits per heavy atom. The minimum absolute atomic E-state index is 0.0361. The average molecular weight is 242 g/mol. The van der Waals surface area contributed by atoms with Gasteiger partial charge in [-0.3, -0.25) is 4.79 Å². The summed E-state index contributed by atoms with van der Waals surface area (Å²) in [6.07, 6.45) is 3.21. The van der Waals surface area contributed by atoms with Crippen molar-refractivity contribution in [1.82, 2.24) is 4.90 Å². The summed E-state index contributed by atoms with van der Waals surface area (Å²) < 4.78 is 5.19. The molecule has 18 heavy (non-hydrogen) atoms. The number of carbonyl (C=O) groups is 1. The molecular formula is C14H14N2O2. The summed E-state index contributed by atoms with van der Waals surface area (Å²) in [6, 6.07) is 9.31. The Labute approximate surface area is 106 Å². The van der Waals surface area contributed by atoms with E-state index in [1.807, 2.05) is 12.1 Å². The molecule has 0 spiro atoms. The minimum atomic E-state index is -0.0361. The Hall–Kier alpha value is -2.12. The maximum atomic E-state index is 11.9. The van der Waals surface area contributed by atoms with Crippen LogP contribution in [0.25, 0.3) is 6.08 Å². The van der Waals surface area contributed by atoms with Gasteiger partial charge in [-0.15, -0.1) is 0 Å². The van der Waals surface area contributed by atoms with Crippen molar-refractivity contribution in [1.29, 1.82) is 5.26 Å². The number of rotatable bonds is 2. The van der Waals surface area contributed by atoms with E-state index in [0.717, 1.165) is 5.56 Å². The molecule has 0 radical (unpaired) electrons. The highest BCUT2D eigenvalue weighted by atomic mass is 16.5. The van der Waals surface area contributed by atoms with Gasteiger partial charge in [0.25, 0.3) is 0 Å². The maximum absolute atomic E-state index is 11.9. The molecule has 0 bridgehead atoms. The number of nitriles is 1. The first-order valence-electron chi connectivity index (χ1n) is 5.85. The second kappa shape index (κ2) is 5.99. The van der Waals surface area contributed by atoms with E-state index in [0.29, 0.717) is 31.9 Å². The van der Waals surface area contributed by atoms with Crippen molar-refractivity contribution in [3.05, 3.63) is 41.5 Å². The summed E-state index contributed by atoms with van der Waals surface area (Å²) >= 11 is 0. The van der Waals surface area contributed by atoms with Crippen LogP contribution < -0.4 is 0 Å². The predicted molar refractivity (Wildman–Crippen MR) is 67.6 cm³/mol. The first kappa shape index (κ1) is 12.3. The highest BCUT2D eigenvalue weighted by Crippen LogP contribution is 2.09. The predicted octanol–water partition coefficient (Wildman–Crippen LogP) is 1.43. The Balaban J connectivity index is 2.06. The van der Waals surface area contributed by atoms with Gasteiger partial charge >= 0.3 is 0 Å². The topological polar surface area (TPSA) is 53.3 Å². The molecule has 0 atom stereocenters. The highest BCUT2D eigenvalue weighted by Gasteiger charge is 2.13. The lowest BCUT2D eigenvalue weighted by Crippen LogP contribution is -2.39. The van der Waals surface area contributed by atoms with E-state index in [1.165, 1.54) is 6.08 Å². The van der Waals surface area contributed by atoms with E-state index >= 15 is 0 Å². The zero-order chi connectivity index (χ0) is 12.8. The van der Waals surface area contributed by atoms with E-state index in [2.05, 4.69) is 6.07 Å². The van der Waals surface area contributed by atoms with Gasteiger partial charge in [-0.1, -0.05) is 18.2 Å². The van der Waals surface area contributed by atoms with Crippen molar-refractivity contribution in [2.75, 3.05) is 26.3 Å². The van der Waals surface area contributed by atoms with Crippen LogP contribution in [-0.2, 0) is 9.53 Å². The zero-order valence-electron chi connectivity index (χ0n) is 10.0. The number of benzene rings is 1. The number of nitrogens with zero attached hydrogens (tertiary/aromatic N) is 2. The number of amides is 1. The molecule has 4 nitrogen and oxygen atoms in total. The third-order valence-electron chi connectivity index (χ3n) is 2.81. The van der Waals surface area contributed by atoms with Gasteiger partial charge in [0.05, 0.1) is 24.8 Å². The van der Waals surface area contributed by atoms with Crippen LogP contribution in [0.5, 0.6) is 0 Å². The van der Waals surface area contributed by atoms with Crippen molar-refractivity contribution in [3.8, 4) is 6.07 Å². The molecule has 1 saturated heterocycles. The number of hydrogen-bond donors (Lipinski definition) is 0. The quantitative estimate of drug-likeness (QED) is 0.737. The van der Waals surface area contributed by atoms with Crippen LogP contribution in [0.15, 0.2) is 30.3 Å². The standard InChI is InChI=1S/C14H14N2O2/c15-11-13-4-2-1-3-12(13)5-6-14(17)16-7-9-18-10-8-16/h1-6H,7-10H2. The fraction of sp³-hybridized carbons (Fsp3) is 0.286. The smallest absolute Gasteiger partial charge is 0.246 e. The van der Waals surface area contributed by atoms with E-state index in [-0.39, 0.29) is 5.91 Å². The first-order valence-corrected chi connectivity index (χ1v) is 5.85. The Kier molecular flexibility index (Phi) is 4.11. The van der Waals surface area contributed by atoms with Crippen LogP contribution >= 0.6 is 0 Å². The lowest BCUT2D eigenvalue weighted by Gasteiger charge is -2.25. The molecule has 4 heteroatoms. The number of morpholine rings is 1. The molecule has 1 aromatic carbocycles. The molecule has 0 unspecified atom stereocenters. The third-order valence-corrected chi connectivity index (χ3v) is 2.81. The van der Waals surface area contributed by atoms with Crippen LogP contribution in [0.3, 0.4) is 0 Å². The van der Waals surface area contributed by atoms with Crippen LogP contribution in [0.1, 0.15) is 11.1 Å². The first-order chi connectivity index (χ1) is 8.81. The molecule has 0 aromatic heterocycles. The van der Waals surface area contributed by atoms with Gasteiger partial charge < -0.3 is 9.64 Å². The molecular weight excluding hydrogens is 228 g/mol. The van der Waals surface area contributed by atoms with Crippen molar-refractivity contribution < 1.29 is 9.53 Å². The van der Waals surface area contributed by atoms with E-state index in [1.54, 1.807) is 23.1 Å². The summed E-state index contributed by atoms with van der Waals surface area (Å²) in [7, 11) is 0. The average Bonchev–Trinajstić information content (AvgIpc) is 2.46. The largest absolute Gasteiger partial charge is 0.378 e. The molecule has 1 fully saturated rings. The second-order valence-corrected chi connectivity index (χ2v) is 3.97. The summed E-state index contributed by atoms with van der Waals surface area (Å²) in [4.78, 5) is 13.6. The van der Waals surface area contributed by atoms with Gasteiger partial charge in [0.1, 0.15) is 0 Å². The Bertz CT molecular complexity index is 497. The zero-order valence-corrected chi connectivity index (χ0v) is 10.0. The molecule has 1 aliphatic rings. The van der Waals surface area contributed by atoms with E-state index in [9.17, 15) is 4.79 Å². The highest BCUT2D eigenvalue weighted by molar-refractivity contribution is 5.92. The second-order valence-electron chi connectivity index (χ2n) is 3.97. The summed E-state index contributed by atoms with van der Waals surface area (Å²) in [5.41, 5.74) is 1.34. The van der Waals surface area contributed by atoms with E-state index < -0.39 is 0 Å². The SMILES string of the molecule is N#Cc1ccccc1C=CC(=O)N1CCOCC1. The van der Waals surface area contributed by atoms with Gasteiger partial charge in [0.2, 0.25) is 5.91 Å². The van der Waals surface area contributed by atoms with Crippen LogP contribution in [-0.4, -0.2) is 37.1 Å². The fourth-order valence-corrected chi connectivity index (χ4v) is 1.79. The van der Waals surface area contributed by atoms with Crippen molar-refractivity contribution in [2.45, 2.75) is 0 Å². The van der Waals surface area contributed by atoms with Gasteiger partial charge in [0, 0.05) is 19.2 Å². The number of ether oxygens (including phenoxy) is 1. The summed E-state index contributed by atoms with van der Waals surface area (Å²) in [6.45, 7) is 2.44. The van der Waals surface area contributed by atoms with Crippen LogP contribution in [0.4, 0.5) is 0 Å². The van der Waals surface area contributed by atoms with Crippen molar-refractivity contribution in [2.24, 2.45) is 0 Å². The fourth-order valence-electron chi connectivity index (χ4n) is 1.79. The third kappa shape index (κ3) is 2.96. The molecule has 1 aliphatic heterocycles. The Morgan fingerprint density at radius 1 is 1.33 bits per heavy atom. The number of carbonyl (C=O) groups excluding carboxylic acids is 1. The summed E-state index contributed by atoms with van der Waals surface area (Å²) in [5, 5.41) is 8.94. The lowest BCUT2D eigenvalue weighted by molar-refractivity contribution is -0.129. The molecule has 0 N–H and O–H groups in total. The monoisotopic (exact) mass is 242 g/mol.